The van der Waals surface area contributed by atoms with E-state index < -0.39 is 0 Å². The molecule has 17 heavy (non-hydrogen) atoms. The van der Waals surface area contributed by atoms with Crippen molar-refractivity contribution in [1.82, 2.24) is 4.98 Å². The van der Waals surface area contributed by atoms with Gasteiger partial charge >= 0.3 is 0 Å². The molecule has 0 amide bonds. The van der Waals surface area contributed by atoms with Gasteiger partial charge in [0.25, 0.3) is 5.82 Å². The van der Waals surface area contributed by atoms with Gasteiger partial charge in [0.2, 0.25) is 0 Å². The van der Waals surface area contributed by atoms with Gasteiger partial charge in [0.1, 0.15) is 11.4 Å². The molecule has 0 aliphatic carbocycles. The van der Waals surface area contributed by atoms with E-state index in [1.165, 1.54) is 50.0 Å². The fourth-order valence-corrected chi connectivity index (χ4v) is 2.44. The van der Waals surface area contributed by atoms with E-state index in [0.717, 1.165) is 6.54 Å². The minimum absolute atomic E-state index is 0. The second-order valence-corrected chi connectivity index (χ2v) is 4.49. The van der Waals surface area contributed by atoms with E-state index in [0.29, 0.717) is 0 Å². The molecule has 0 saturated carbocycles. The maximum Gasteiger partial charge on any atom is 0.254 e. The minimum Gasteiger partial charge on any atom is -1.00 e. The highest BCUT2D eigenvalue weighted by molar-refractivity contribution is 5.09. The molecule has 0 fully saturated rings. The predicted octanol–water partition coefficient (Wildman–Crippen LogP) is 0.184. The predicted molar refractivity (Wildman–Crippen MR) is 68.6 cm³/mol. The Morgan fingerprint density at radius 3 is 1.94 bits per heavy atom. The molecule has 0 unspecified atom stereocenters. The molecule has 0 spiro atoms. The van der Waals surface area contributed by atoms with Crippen LogP contribution in [0.5, 0.6) is 0 Å². The monoisotopic (exact) mass is 258 g/mol. The Hall–Kier alpha value is -0.500. The summed E-state index contributed by atoms with van der Waals surface area (Å²) in [5, 5.41) is 0. The number of H-pyrrole nitrogens is 1. The fourth-order valence-electron chi connectivity index (χ4n) is 2.44. The van der Waals surface area contributed by atoms with Crippen molar-refractivity contribution in [2.75, 3.05) is 0 Å². The zero-order chi connectivity index (χ0) is 12.0. The lowest BCUT2D eigenvalue weighted by Crippen LogP contribution is -3.00. The summed E-state index contributed by atoms with van der Waals surface area (Å²) in [5.41, 5.74) is 3.03. The molecule has 0 aliphatic rings. The van der Waals surface area contributed by atoms with Crippen molar-refractivity contribution in [3.05, 3.63) is 17.2 Å². The van der Waals surface area contributed by atoms with E-state index in [2.05, 4.69) is 37.2 Å². The average molecular weight is 259 g/mol. The maximum absolute atomic E-state index is 3.65. The lowest BCUT2D eigenvalue weighted by atomic mass is 10.1. The average Bonchev–Trinajstić information content (AvgIpc) is 2.58. The van der Waals surface area contributed by atoms with Gasteiger partial charge in [0.05, 0.1) is 6.54 Å². The number of hydrogen-bond acceptors (Lipinski definition) is 0. The molecule has 0 atom stereocenters. The number of nitrogens with zero attached hydrogens (tertiary/aromatic N) is 1. The van der Waals surface area contributed by atoms with Crippen LogP contribution in [0.4, 0.5) is 0 Å². The first kappa shape index (κ1) is 16.5. The molecule has 100 valence electrons. The highest BCUT2D eigenvalue weighted by Gasteiger charge is 2.21. The summed E-state index contributed by atoms with van der Waals surface area (Å²) in [5.74, 6) is 1.43. The van der Waals surface area contributed by atoms with Crippen LogP contribution >= 0.6 is 0 Å². The number of aryl methyl sites for hydroxylation is 2. The van der Waals surface area contributed by atoms with Gasteiger partial charge in [-0.05, 0) is 26.2 Å². The quantitative estimate of drug-likeness (QED) is 0.674. The summed E-state index contributed by atoms with van der Waals surface area (Å²) < 4.78 is 2.50. The second-order valence-electron chi connectivity index (χ2n) is 4.49. The molecule has 1 rings (SSSR count). The summed E-state index contributed by atoms with van der Waals surface area (Å²) in [6, 6.07) is 0. The van der Waals surface area contributed by atoms with Crippen LogP contribution in [-0.2, 0) is 25.8 Å². The van der Waals surface area contributed by atoms with Crippen LogP contribution in [0.2, 0.25) is 0 Å². The molecule has 1 N–H and O–H groups in total. The Kier molecular flexibility index (Phi) is 8.32. The van der Waals surface area contributed by atoms with Crippen molar-refractivity contribution in [3.8, 4) is 0 Å². The van der Waals surface area contributed by atoms with Crippen LogP contribution < -0.4 is 17.0 Å². The zero-order valence-corrected chi connectivity index (χ0v) is 12.5. The largest absolute Gasteiger partial charge is 1.00 e. The molecule has 0 bridgehead atoms. The van der Waals surface area contributed by atoms with Gasteiger partial charge < -0.3 is 12.4 Å². The van der Waals surface area contributed by atoms with Gasteiger partial charge in [-0.2, -0.15) is 0 Å². The standard InChI is InChI=1S/C14H26N2.ClH/c1-5-9-12-13(10-6-2)16(8-4)14(15-12)11-7-3;/h5-11H2,1-4H3;1H. The highest BCUT2D eigenvalue weighted by Crippen LogP contribution is 2.11. The van der Waals surface area contributed by atoms with Crippen LogP contribution in [0, 0.1) is 0 Å². The third-order valence-corrected chi connectivity index (χ3v) is 3.08. The van der Waals surface area contributed by atoms with E-state index in [4.69, 9.17) is 0 Å². The van der Waals surface area contributed by atoms with Gasteiger partial charge in [-0.1, -0.05) is 20.8 Å². The van der Waals surface area contributed by atoms with E-state index in [1.54, 1.807) is 5.69 Å². The first-order valence-corrected chi connectivity index (χ1v) is 6.90. The van der Waals surface area contributed by atoms with Crippen LogP contribution in [0.1, 0.15) is 64.2 Å². The first-order valence-electron chi connectivity index (χ1n) is 6.90. The van der Waals surface area contributed by atoms with E-state index in [9.17, 15) is 0 Å². The van der Waals surface area contributed by atoms with Crippen molar-refractivity contribution in [2.24, 2.45) is 0 Å². The molecule has 1 heterocycles. The van der Waals surface area contributed by atoms with Crippen molar-refractivity contribution in [2.45, 2.75) is 72.8 Å². The Balaban J connectivity index is 0.00000256. The van der Waals surface area contributed by atoms with Crippen molar-refractivity contribution in [3.63, 3.8) is 0 Å². The second kappa shape index (κ2) is 8.57. The summed E-state index contributed by atoms with van der Waals surface area (Å²) >= 11 is 0. The van der Waals surface area contributed by atoms with Crippen LogP contribution in [0.3, 0.4) is 0 Å². The number of hydrogen-bond donors (Lipinski definition) is 1. The molecule has 1 aromatic heterocycles. The van der Waals surface area contributed by atoms with E-state index in [1.807, 2.05) is 0 Å². The lowest BCUT2D eigenvalue weighted by Gasteiger charge is -2.01. The Morgan fingerprint density at radius 2 is 1.47 bits per heavy atom. The number of rotatable bonds is 7. The molecule has 0 aliphatic heterocycles. The molecule has 3 heteroatoms. The molecule has 0 saturated heterocycles. The summed E-state index contributed by atoms with van der Waals surface area (Å²) in [6.07, 6.45) is 7.26. The van der Waals surface area contributed by atoms with Crippen LogP contribution in [0.25, 0.3) is 0 Å². The summed E-state index contributed by atoms with van der Waals surface area (Å²) in [7, 11) is 0. The van der Waals surface area contributed by atoms with Gasteiger partial charge in [-0.25, -0.2) is 9.55 Å². The SMILES string of the molecule is CCCc1[nH]c(CCC)[n+](CC)c1CCC.[Cl-]. The van der Waals surface area contributed by atoms with Crippen molar-refractivity contribution in [1.29, 1.82) is 0 Å². The fraction of sp³-hybridized carbons (Fsp3) is 0.786. The van der Waals surface area contributed by atoms with Gasteiger partial charge in [0.15, 0.2) is 0 Å². The van der Waals surface area contributed by atoms with Crippen molar-refractivity contribution >= 4 is 0 Å². The molecular weight excluding hydrogens is 232 g/mol. The topological polar surface area (TPSA) is 19.7 Å². The molecular formula is C14H27ClN2. The Bertz CT molecular complexity index is 318. The first-order chi connectivity index (χ1) is 7.78. The van der Waals surface area contributed by atoms with Gasteiger partial charge in [-0.15, -0.1) is 0 Å². The lowest BCUT2D eigenvalue weighted by molar-refractivity contribution is -0.706. The smallest absolute Gasteiger partial charge is 0.254 e. The number of aromatic amines is 1. The van der Waals surface area contributed by atoms with E-state index in [-0.39, 0.29) is 12.4 Å². The van der Waals surface area contributed by atoms with Crippen LogP contribution in [-0.4, -0.2) is 4.98 Å². The molecule has 0 radical (unpaired) electrons. The Morgan fingerprint density at radius 1 is 0.882 bits per heavy atom. The molecule has 2 nitrogen and oxygen atoms in total. The Labute approximate surface area is 112 Å². The molecule has 0 aromatic carbocycles. The minimum atomic E-state index is 0. The number of nitrogens with one attached hydrogen (secondary N) is 1. The third-order valence-electron chi connectivity index (χ3n) is 3.08. The number of halogens is 1. The van der Waals surface area contributed by atoms with Crippen LogP contribution in [0.15, 0.2) is 0 Å². The summed E-state index contributed by atoms with van der Waals surface area (Å²) in [4.78, 5) is 3.65. The van der Waals surface area contributed by atoms with E-state index >= 15 is 0 Å². The normalized spacial score (nSPS) is 10.4. The zero-order valence-electron chi connectivity index (χ0n) is 11.8. The maximum atomic E-state index is 3.65. The summed E-state index contributed by atoms with van der Waals surface area (Å²) in [6.45, 7) is 10.1. The molecule has 1 aromatic rings. The third kappa shape index (κ3) is 4.02. The number of imidazole rings is 1. The highest BCUT2D eigenvalue weighted by atomic mass is 35.5. The number of aromatic nitrogens is 2. The van der Waals surface area contributed by atoms with Gasteiger partial charge in [-0.3, -0.25) is 0 Å². The van der Waals surface area contributed by atoms with Gasteiger partial charge in [0, 0.05) is 19.3 Å². The van der Waals surface area contributed by atoms with Crippen molar-refractivity contribution < 1.29 is 17.0 Å².